The normalized spacial score (nSPS) is 11.1. The lowest BCUT2D eigenvalue weighted by atomic mass is 9.99. The lowest BCUT2D eigenvalue weighted by molar-refractivity contribution is 0.402. The SMILES string of the molecule is CC(C)c1c(F)c(F)c(F)c(F)c1N(C)C. The number of rotatable bonds is 2. The number of nitrogens with zero attached hydrogens (tertiary/aromatic N) is 1. The molecule has 5 heteroatoms. The average Bonchev–Trinajstić information content (AvgIpc) is 2.18. The topological polar surface area (TPSA) is 3.24 Å². The van der Waals surface area contributed by atoms with Crippen LogP contribution in [0.5, 0.6) is 0 Å². The van der Waals surface area contributed by atoms with Gasteiger partial charge in [0, 0.05) is 19.7 Å². The molecule has 0 atom stereocenters. The van der Waals surface area contributed by atoms with Crippen LogP contribution in [-0.4, -0.2) is 14.1 Å². The largest absolute Gasteiger partial charge is 0.375 e. The minimum absolute atomic E-state index is 0.151. The molecule has 0 spiro atoms. The molecule has 0 unspecified atom stereocenters. The molecule has 0 fully saturated rings. The van der Waals surface area contributed by atoms with Crippen LogP contribution in [0.15, 0.2) is 0 Å². The van der Waals surface area contributed by atoms with Gasteiger partial charge < -0.3 is 4.90 Å². The van der Waals surface area contributed by atoms with E-state index in [2.05, 4.69) is 0 Å². The molecule has 0 aliphatic heterocycles. The third-order valence-corrected chi connectivity index (χ3v) is 2.30. The molecule has 16 heavy (non-hydrogen) atoms. The Hall–Kier alpha value is -1.26. The maximum absolute atomic E-state index is 13.5. The quantitative estimate of drug-likeness (QED) is 0.431. The lowest BCUT2D eigenvalue weighted by Crippen LogP contribution is -2.18. The van der Waals surface area contributed by atoms with E-state index in [1.807, 2.05) is 0 Å². The second kappa shape index (κ2) is 4.31. The van der Waals surface area contributed by atoms with Gasteiger partial charge in [0.1, 0.15) is 0 Å². The van der Waals surface area contributed by atoms with E-state index in [1.54, 1.807) is 13.8 Å². The first kappa shape index (κ1) is 12.8. The summed E-state index contributed by atoms with van der Waals surface area (Å²) in [4.78, 5) is 1.23. The lowest BCUT2D eigenvalue weighted by Gasteiger charge is -2.21. The zero-order valence-electron chi connectivity index (χ0n) is 9.54. The van der Waals surface area contributed by atoms with Crippen LogP contribution in [0, 0.1) is 23.3 Å². The van der Waals surface area contributed by atoms with Gasteiger partial charge in [0.05, 0.1) is 5.69 Å². The summed E-state index contributed by atoms with van der Waals surface area (Å²) in [6, 6.07) is 0. The van der Waals surface area contributed by atoms with Crippen molar-refractivity contribution in [2.45, 2.75) is 19.8 Å². The predicted molar refractivity (Wildman–Crippen MR) is 54.7 cm³/mol. The van der Waals surface area contributed by atoms with E-state index in [4.69, 9.17) is 0 Å². The van der Waals surface area contributed by atoms with E-state index in [9.17, 15) is 17.6 Å². The maximum atomic E-state index is 13.5. The van der Waals surface area contributed by atoms with Gasteiger partial charge in [-0.15, -0.1) is 0 Å². The van der Waals surface area contributed by atoms with Crippen molar-refractivity contribution in [3.8, 4) is 0 Å². The van der Waals surface area contributed by atoms with Crippen molar-refractivity contribution in [3.05, 3.63) is 28.8 Å². The van der Waals surface area contributed by atoms with Gasteiger partial charge in [-0.25, -0.2) is 17.6 Å². The summed E-state index contributed by atoms with van der Waals surface area (Å²) < 4.78 is 53.1. The average molecular weight is 235 g/mol. The Morgan fingerprint density at radius 2 is 1.25 bits per heavy atom. The molecule has 0 amide bonds. The zero-order valence-corrected chi connectivity index (χ0v) is 9.54. The van der Waals surface area contributed by atoms with Crippen LogP contribution in [0.3, 0.4) is 0 Å². The monoisotopic (exact) mass is 235 g/mol. The first-order valence-electron chi connectivity index (χ1n) is 4.82. The van der Waals surface area contributed by atoms with E-state index in [1.165, 1.54) is 19.0 Å². The molecule has 1 nitrogen and oxygen atoms in total. The summed E-state index contributed by atoms with van der Waals surface area (Å²) in [5.41, 5.74) is -0.396. The van der Waals surface area contributed by atoms with E-state index in [0.29, 0.717) is 0 Å². The second-order valence-corrected chi connectivity index (χ2v) is 4.07. The van der Waals surface area contributed by atoms with Gasteiger partial charge in [0.2, 0.25) is 0 Å². The van der Waals surface area contributed by atoms with Crippen molar-refractivity contribution in [2.24, 2.45) is 0 Å². The standard InChI is InChI=1S/C11H13F4N/c1-5(2)6-7(12)8(13)9(14)10(15)11(6)16(3)4/h5H,1-4H3. The third-order valence-electron chi connectivity index (χ3n) is 2.30. The number of anilines is 1. The second-order valence-electron chi connectivity index (χ2n) is 4.07. The Balaban J connectivity index is 3.69. The summed E-state index contributed by atoms with van der Waals surface area (Å²) in [6.45, 7) is 3.17. The fourth-order valence-corrected chi connectivity index (χ4v) is 1.60. The maximum Gasteiger partial charge on any atom is 0.199 e. The molecule has 0 aliphatic carbocycles. The van der Waals surface area contributed by atoms with E-state index >= 15 is 0 Å². The molecule has 0 aliphatic rings. The Morgan fingerprint density at radius 3 is 1.62 bits per heavy atom. The molecule has 1 aromatic rings. The molecule has 0 saturated carbocycles. The highest BCUT2D eigenvalue weighted by Gasteiger charge is 2.27. The van der Waals surface area contributed by atoms with Gasteiger partial charge in [0.25, 0.3) is 0 Å². The molecule has 0 bridgehead atoms. The molecule has 90 valence electrons. The summed E-state index contributed by atoms with van der Waals surface area (Å²) in [5.74, 6) is -6.65. The first-order chi connectivity index (χ1) is 7.29. The van der Waals surface area contributed by atoms with Crippen LogP contribution in [0.25, 0.3) is 0 Å². The highest BCUT2D eigenvalue weighted by atomic mass is 19.2. The molecule has 1 rings (SSSR count). The van der Waals surface area contributed by atoms with Crippen LogP contribution < -0.4 is 4.90 Å². The fourth-order valence-electron chi connectivity index (χ4n) is 1.60. The molecule has 0 aromatic heterocycles. The first-order valence-corrected chi connectivity index (χ1v) is 4.82. The molecule has 0 radical (unpaired) electrons. The van der Waals surface area contributed by atoms with E-state index < -0.39 is 29.2 Å². The number of hydrogen-bond donors (Lipinski definition) is 0. The Labute approximate surface area is 91.7 Å². The Morgan fingerprint density at radius 1 is 0.812 bits per heavy atom. The van der Waals surface area contributed by atoms with Crippen LogP contribution in [0.1, 0.15) is 25.3 Å². The van der Waals surface area contributed by atoms with Gasteiger partial charge in [-0.05, 0) is 5.92 Å². The molecule has 0 saturated heterocycles. The van der Waals surface area contributed by atoms with Gasteiger partial charge in [-0.3, -0.25) is 0 Å². The summed E-state index contributed by atoms with van der Waals surface area (Å²) >= 11 is 0. The van der Waals surface area contributed by atoms with Gasteiger partial charge in [0.15, 0.2) is 23.3 Å². The smallest absolute Gasteiger partial charge is 0.199 e. The zero-order chi connectivity index (χ0) is 12.6. The van der Waals surface area contributed by atoms with Crippen molar-refractivity contribution < 1.29 is 17.6 Å². The van der Waals surface area contributed by atoms with Gasteiger partial charge in [-0.1, -0.05) is 13.8 Å². The predicted octanol–water partition coefficient (Wildman–Crippen LogP) is 3.43. The van der Waals surface area contributed by atoms with Crippen molar-refractivity contribution in [1.29, 1.82) is 0 Å². The molecule has 1 aromatic carbocycles. The van der Waals surface area contributed by atoms with Crippen LogP contribution in [0.2, 0.25) is 0 Å². The third kappa shape index (κ3) is 1.86. The van der Waals surface area contributed by atoms with Crippen molar-refractivity contribution in [3.63, 3.8) is 0 Å². The van der Waals surface area contributed by atoms with Crippen LogP contribution in [0.4, 0.5) is 23.2 Å². The Bertz CT molecular complexity index is 374. The summed E-state index contributed by atoms with van der Waals surface area (Å²) in [6.07, 6.45) is 0. The fraction of sp³-hybridized carbons (Fsp3) is 0.455. The van der Waals surface area contributed by atoms with Gasteiger partial charge >= 0.3 is 0 Å². The Kier molecular flexibility index (Phi) is 3.45. The van der Waals surface area contributed by atoms with Crippen molar-refractivity contribution >= 4 is 5.69 Å². The number of hydrogen-bond acceptors (Lipinski definition) is 1. The minimum Gasteiger partial charge on any atom is -0.375 e. The highest BCUT2D eigenvalue weighted by molar-refractivity contribution is 5.56. The highest BCUT2D eigenvalue weighted by Crippen LogP contribution is 2.34. The molecular weight excluding hydrogens is 222 g/mol. The summed E-state index contributed by atoms with van der Waals surface area (Å²) in [7, 11) is 2.89. The van der Waals surface area contributed by atoms with Crippen molar-refractivity contribution in [2.75, 3.05) is 19.0 Å². The van der Waals surface area contributed by atoms with Gasteiger partial charge in [-0.2, -0.15) is 0 Å². The molecular formula is C11H13F4N. The summed E-state index contributed by atoms with van der Waals surface area (Å²) in [5, 5.41) is 0. The molecule has 0 heterocycles. The number of halogens is 4. The number of benzene rings is 1. The van der Waals surface area contributed by atoms with Crippen LogP contribution in [-0.2, 0) is 0 Å². The van der Waals surface area contributed by atoms with Crippen LogP contribution >= 0.6 is 0 Å². The van der Waals surface area contributed by atoms with E-state index in [0.717, 1.165) is 0 Å². The minimum atomic E-state index is -1.77. The van der Waals surface area contributed by atoms with E-state index in [-0.39, 0.29) is 11.3 Å². The molecule has 0 N–H and O–H groups in total. The van der Waals surface area contributed by atoms with Crippen molar-refractivity contribution in [1.82, 2.24) is 0 Å².